The summed E-state index contributed by atoms with van der Waals surface area (Å²) in [5.41, 5.74) is 5.02. The van der Waals surface area contributed by atoms with E-state index in [4.69, 9.17) is 0 Å². The maximum absolute atomic E-state index is 12.1. The Balaban J connectivity index is 1.97. The van der Waals surface area contributed by atoms with Gasteiger partial charge in [0.1, 0.15) is 6.10 Å². The second-order valence-corrected chi connectivity index (χ2v) is 6.81. The standard InChI is InChI=1S/C25H20O3/c26-24(18-11-5-2-6-12-18)23(17-9-3-1-4-10-17)21-15-19-13-7-8-14-20(19)16-22(21)25(27)28/h1-14,16,24,26H,15H2,(H,27,28). The van der Waals surface area contributed by atoms with Gasteiger partial charge in [0.15, 0.2) is 0 Å². The Morgan fingerprint density at radius 2 is 1.43 bits per heavy atom. The van der Waals surface area contributed by atoms with Gasteiger partial charge in [-0.15, -0.1) is 0 Å². The van der Waals surface area contributed by atoms with E-state index >= 15 is 0 Å². The first-order valence-electron chi connectivity index (χ1n) is 9.20. The molecule has 2 N–H and O–H groups in total. The third kappa shape index (κ3) is 3.40. The molecule has 1 atom stereocenters. The molecule has 1 unspecified atom stereocenters. The quantitative estimate of drug-likeness (QED) is 0.689. The summed E-state index contributed by atoms with van der Waals surface area (Å²) in [5, 5.41) is 21.2. The molecule has 0 saturated heterocycles. The van der Waals surface area contributed by atoms with Crippen LogP contribution in [0.15, 0.2) is 96.1 Å². The summed E-state index contributed by atoms with van der Waals surface area (Å²) in [6, 6.07) is 26.6. The van der Waals surface area contributed by atoms with Crippen LogP contribution in [0, 0.1) is 0 Å². The highest BCUT2D eigenvalue weighted by atomic mass is 16.4. The first-order chi connectivity index (χ1) is 13.6. The second-order valence-electron chi connectivity index (χ2n) is 6.81. The van der Waals surface area contributed by atoms with E-state index in [1.807, 2.05) is 84.9 Å². The minimum Gasteiger partial charge on any atom is -0.478 e. The zero-order valence-electron chi connectivity index (χ0n) is 15.2. The number of hydrogen-bond acceptors (Lipinski definition) is 2. The van der Waals surface area contributed by atoms with Crippen molar-refractivity contribution in [2.75, 3.05) is 0 Å². The van der Waals surface area contributed by atoms with Crippen LogP contribution in [0.25, 0.3) is 11.6 Å². The minimum atomic E-state index is -0.988. The van der Waals surface area contributed by atoms with Crippen molar-refractivity contribution < 1.29 is 15.0 Å². The molecule has 0 spiro atoms. The lowest BCUT2D eigenvalue weighted by atomic mass is 9.80. The summed E-state index contributed by atoms with van der Waals surface area (Å²) in [6.45, 7) is 0. The topological polar surface area (TPSA) is 57.5 Å². The Kier molecular flexibility index (Phi) is 4.92. The molecule has 0 aliphatic heterocycles. The van der Waals surface area contributed by atoms with Crippen molar-refractivity contribution in [2.24, 2.45) is 0 Å². The SMILES string of the molecule is O=C(O)C1=Cc2ccccc2CC1=C(c1ccccc1)C(O)c1ccccc1. The number of carboxylic acid groups (broad SMARTS) is 1. The molecular weight excluding hydrogens is 348 g/mol. The van der Waals surface area contributed by atoms with Crippen LogP contribution >= 0.6 is 0 Å². The Morgan fingerprint density at radius 1 is 0.821 bits per heavy atom. The molecule has 0 bridgehead atoms. The van der Waals surface area contributed by atoms with Crippen molar-refractivity contribution in [3.8, 4) is 0 Å². The maximum Gasteiger partial charge on any atom is 0.336 e. The third-order valence-electron chi connectivity index (χ3n) is 5.08. The van der Waals surface area contributed by atoms with Gasteiger partial charge < -0.3 is 10.2 Å². The highest BCUT2D eigenvalue weighted by Gasteiger charge is 2.27. The first kappa shape index (κ1) is 18.0. The molecule has 0 heterocycles. The highest BCUT2D eigenvalue weighted by molar-refractivity contribution is 6.02. The molecule has 3 aromatic carbocycles. The summed E-state index contributed by atoms with van der Waals surface area (Å²) < 4.78 is 0. The lowest BCUT2D eigenvalue weighted by molar-refractivity contribution is -0.132. The first-order valence-corrected chi connectivity index (χ1v) is 9.20. The molecule has 1 aliphatic rings. The monoisotopic (exact) mass is 368 g/mol. The van der Waals surface area contributed by atoms with E-state index in [1.54, 1.807) is 6.08 Å². The van der Waals surface area contributed by atoms with Gasteiger partial charge in [-0.25, -0.2) is 4.79 Å². The van der Waals surface area contributed by atoms with Gasteiger partial charge in [0.2, 0.25) is 0 Å². The summed E-state index contributed by atoms with van der Waals surface area (Å²) in [5.74, 6) is -0.988. The lowest BCUT2D eigenvalue weighted by Crippen LogP contribution is -2.15. The molecular formula is C25H20O3. The molecule has 0 amide bonds. The van der Waals surface area contributed by atoms with Gasteiger partial charge >= 0.3 is 5.97 Å². The van der Waals surface area contributed by atoms with Gasteiger partial charge in [-0.2, -0.15) is 0 Å². The predicted molar refractivity (Wildman–Crippen MR) is 111 cm³/mol. The molecule has 0 aromatic heterocycles. The zero-order chi connectivity index (χ0) is 19.5. The Bertz CT molecular complexity index is 1060. The van der Waals surface area contributed by atoms with E-state index in [9.17, 15) is 15.0 Å². The largest absolute Gasteiger partial charge is 0.478 e. The van der Waals surface area contributed by atoms with Crippen LogP contribution in [0.5, 0.6) is 0 Å². The number of carbonyl (C=O) groups is 1. The second kappa shape index (κ2) is 7.67. The molecule has 1 aliphatic carbocycles. The third-order valence-corrected chi connectivity index (χ3v) is 5.08. The van der Waals surface area contributed by atoms with Crippen LogP contribution in [0.2, 0.25) is 0 Å². The van der Waals surface area contributed by atoms with E-state index in [1.165, 1.54) is 0 Å². The van der Waals surface area contributed by atoms with Crippen molar-refractivity contribution in [3.63, 3.8) is 0 Å². The van der Waals surface area contributed by atoms with E-state index in [0.29, 0.717) is 17.6 Å². The number of aliphatic hydroxyl groups excluding tert-OH is 1. The smallest absolute Gasteiger partial charge is 0.336 e. The normalized spacial score (nSPS) is 16.0. The van der Waals surface area contributed by atoms with Crippen LogP contribution in [0.1, 0.15) is 28.4 Å². The van der Waals surface area contributed by atoms with Crippen molar-refractivity contribution in [3.05, 3.63) is 118 Å². The van der Waals surface area contributed by atoms with Crippen LogP contribution in [0.3, 0.4) is 0 Å². The van der Waals surface area contributed by atoms with Crippen molar-refractivity contribution >= 4 is 17.6 Å². The summed E-state index contributed by atoms with van der Waals surface area (Å²) >= 11 is 0. The average molecular weight is 368 g/mol. The van der Waals surface area contributed by atoms with E-state index in [2.05, 4.69) is 0 Å². The number of fused-ring (bicyclic) bond motifs is 1. The number of hydrogen-bond donors (Lipinski definition) is 2. The van der Waals surface area contributed by atoms with Crippen molar-refractivity contribution in [1.82, 2.24) is 0 Å². The summed E-state index contributed by atoms with van der Waals surface area (Å²) in [7, 11) is 0. The van der Waals surface area contributed by atoms with Gasteiger partial charge in [0.05, 0.1) is 5.57 Å². The average Bonchev–Trinajstić information content (AvgIpc) is 2.74. The Hall–Kier alpha value is -3.43. The number of aliphatic hydroxyl groups is 1. The molecule has 138 valence electrons. The number of benzene rings is 3. The van der Waals surface area contributed by atoms with Crippen LogP contribution < -0.4 is 0 Å². The fourth-order valence-electron chi connectivity index (χ4n) is 3.71. The van der Waals surface area contributed by atoms with Gasteiger partial charge in [0.25, 0.3) is 0 Å². The van der Waals surface area contributed by atoms with Gasteiger partial charge in [0, 0.05) is 0 Å². The molecule has 0 fully saturated rings. The Labute approximate surface area is 163 Å². The predicted octanol–water partition coefficient (Wildman–Crippen LogP) is 4.90. The fraction of sp³-hybridized carbons (Fsp3) is 0.0800. The lowest BCUT2D eigenvalue weighted by Gasteiger charge is -2.25. The summed E-state index contributed by atoms with van der Waals surface area (Å²) in [6.07, 6.45) is 1.24. The zero-order valence-corrected chi connectivity index (χ0v) is 15.2. The fourth-order valence-corrected chi connectivity index (χ4v) is 3.71. The Morgan fingerprint density at radius 3 is 2.11 bits per heavy atom. The summed E-state index contributed by atoms with van der Waals surface area (Å²) in [4.78, 5) is 12.1. The molecule has 3 nitrogen and oxygen atoms in total. The molecule has 28 heavy (non-hydrogen) atoms. The highest BCUT2D eigenvalue weighted by Crippen LogP contribution is 2.39. The van der Waals surface area contributed by atoms with E-state index < -0.39 is 12.1 Å². The van der Waals surface area contributed by atoms with Crippen LogP contribution in [0.4, 0.5) is 0 Å². The van der Waals surface area contributed by atoms with E-state index in [-0.39, 0.29) is 5.57 Å². The van der Waals surface area contributed by atoms with Crippen molar-refractivity contribution in [2.45, 2.75) is 12.5 Å². The molecule has 3 aromatic rings. The van der Waals surface area contributed by atoms with Crippen LogP contribution in [-0.2, 0) is 11.2 Å². The number of aliphatic carboxylic acids is 1. The van der Waals surface area contributed by atoms with Crippen LogP contribution in [-0.4, -0.2) is 16.2 Å². The molecule has 0 saturated carbocycles. The van der Waals surface area contributed by atoms with Crippen molar-refractivity contribution in [1.29, 1.82) is 0 Å². The number of rotatable bonds is 4. The van der Waals surface area contributed by atoms with E-state index in [0.717, 1.165) is 22.3 Å². The van der Waals surface area contributed by atoms with Gasteiger partial charge in [-0.05, 0) is 45.9 Å². The molecule has 4 rings (SSSR count). The van der Waals surface area contributed by atoms with Gasteiger partial charge in [-0.1, -0.05) is 84.9 Å². The number of carboxylic acids is 1. The molecule has 0 radical (unpaired) electrons. The maximum atomic E-state index is 12.1. The van der Waals surface area contributed by atoms with Gasteiger partial charge in [-0.3, -0.25) is 0 Å². The minimum absolute atomic E-state index is 0.229. The molecule has 3 heteroatoms.